The maximum absolute atomic E-state index is 6.16. The van der Waals surface area contributed by atoms with E-state index in [-0.39, 0.29) is 6.04 Å². The minimum atomic E-state index is 0.0107. The van der Waals surface area contributed by atoms with Gasteiger partial charge in [-0.05, 0) is 43.4 Å². The summed E-state index contributed by atoms with van der Waals surface area (Å²) in [5.41, 5.74) is 9.79. The molecule has 0 fully saturated rings. The monoisotopic (exact) mass is 256 g/mol. The number of fused-ring (bicyclic) bond motifs is 1. The van der Waals surface area contributed by atoms with Gasteiger partial charge in [-0.15, -0.1) is 0 Å². The second-order valence-electron chi connectivity index (χ2n) is 5.72. The molecule has 2 heterocycles. The maximum atomic E-state index is 6.16. The molecule has 2 unspecified atom stereocenters. The Morgan fingerprint density at radius 1 is 1.26 bits per heavy atom. The Bertz CT molecular complexity index is 615. The standard InChI is InChI=1S/C15H20N4/c1-9-6-13(16)15-17-14(18-19(15)8-9)12-5-4-10(2)11(3)7-12/h4-5,7,9,13H,6,8,16H2,1-3H3. The zero-order valence-electron chi connectivity index (χ0n) is 11.7. The van der Waals surface area contributed by atoms with Gasteiger partial charge in [0.15, 0.2) is 5.82 Å². The second-order valence-corrected chi connectivity index (χ2v) is 5.72. The zero-order chi connectivity index (χ0) is 13.6. The number of benzene rings is 1. The van der Waals surface area contributed by atoms with Crippen molar-refractivity contribution in [2.45, 2.75) is 39.8 Å². The highest BCUT2D eigenvalue weighted by molar-refractivity contribution is 5.57. The van der Waals surface area contributed by atoms with E-state index in [1.807, 2.05) is 4.68 Å². The fourth-order valence-electron chi connectivity index (χ4n) is 2.67. The molecule has 2 atom stereocenters. The molecule has 2 N–H and O–H groups in total. The molecule has 0 saturated heterocycles. The largest absolute Gasteiger partial charge is 0.321 e. The van der Waals surface area contributed by atoms with Crippen molar-refractivity contribution in [3.05, 3.63) is 35.2 Å². The molecule has 0 saturated carbocycles. The third kappa shape index (κ3) is 2.16. The Hall–Kier alpha value is -1.68. The molecule has 0 spiro atoms. The number of aryl methyl sites for hydroxylation is 2. The lowest BCUT2D eigenvalue weighted by Crippen LogP contribution is -2.27. The first-order chi connectivity index (χ1) is 9.04. The van der Waals surface area contributed by atoms with E-state index in [4.69, 9.17) is 5.73 Å². The smallest absolute Gasteiger partial charge is 0.181 e. The van der Waals surface area contributed by atoms with Gasteiger partial charge in [-0.3, -0.25) is 0 Å². The number of hydrogen-bond donors (Lipinski definition) is 1. The van der Waals surface area contributed by atoms with Crippen LogP contribution in [0.15, 0.2) is 18.2 Å². The van der Waals surface area contributed by atoms with Crippen LogP contribution in [0.25, 0.3) is 11.4 Å². The summed E-state index contributed by atoms with van der Waals surface area (Å²) < 4.78 is 1.98. The van der Waals surface area contributed by atoms with Crippen molar-refractivity contribution in [2.24, 2.45) is 11.7 Å². The van der Waals surface area contributed by atoms with Crippen molar-refractivity contribution in [3.63, 3.8) is 0 Å². The summed E-state index contributed by atoms with van der Waals surface area (Å²) in [5, 5.41) is 4.62. The molecule has 3 rings (SSSR count). The fourth-order valence-corrected chi connectivity index (χ4v) is 2.67. The van der Waals surface area contributed by atoms with E-state index in [0.29, 0.717) is 5.92 Å². The number of nitrogens with zero attached hydrogens (tertiary/aromatic N) is 3. The van der Waals surface area contributed by atoms with Gasteiger partial charge in [-0.1, -0.05) is 19.1 Å². The molecule has 19 heavy (non-hydrogen) atoms. The molecular weight excluding hydrogens is 236 g/mol. The third-order valence-corrected chi connectivity index (χ3v) is 3.94. The van der Waals surface area contributed by atoms with E-state index in [2.05, 4.69) is 49.1 Å². The first-order valence-corrected chi connectivity index (χ1v) is 6.82. The highest BCUT2D eigenvalue weighted by Crippen LogP contribution is 2.28. The average Bonchev–Trinajstić information content (AvgIpc) is 2.76. The van der Waals surface area contributed by atoms with Gasteiger partial charge < -0.3 is 5.73 Å². The van der Waals surface area contributed by atoms with E-state index in [1.54, 1.807) is 0 Å². The Balaban J connectivity index is 2.03. The summed E-state index contributed by atoms with van der Waals surface area (Å²) in [6, 6.07) is 6.36. The van der Waals surface area contributed by atoms with Crippen LogP contribution in [0.3, 0.4) is 0 Å². The first-order valence-electron chi connectivity index (χ1n) is 6.82. The van der Waals surface area contributed by atoms with E-state index in [0.717, 1.165) is 30.2 Å². The van der Waals surface area contributed by atoms with Gasteiger partial charge in [-0.25, -0.2) is 9.67 Å². The molecule has 0 bridgehead atoms. The lowest BCUT2D eigenvalue weighted by Gasteiger charge is -2.23. The van der Waals surface area contributed by atoms with Gasteiger partial charge in [-0.2, -0.15) is 5.10 Å². The summed E-state index contributed by atoms with van der Waals surface area (Å²) in [6.07, 6.45) is 0.991. The molecule has 1 aromatic heterocycles. The van der Waals surface area contributed by atoms with Crippen LogP contribution in [0.1, 0.15) is 36.3 Å². The lowest BCUT2D eigenvalue weighted by molar-refractivity contribution is 0.325. The van der Waals surface area contributed by atoms with E-state index in [9.17, 15) is 0 Å². The van der Waals surface area contributed by atoms with E-state index in [1.165, 1.54) is 11.1 Å². The molecule has 4 heteroatoms. The topological polar surface area (TPSA) is 56.7 Å². The van der Waals surface area contributed by atoms with Crippen LogP contribution in [0.5, 0.6) is 0 Å². The van der Waals surface area contributed by atoms with Gasteiger partial charge in [0.2, 0.25) is 0 Å². The van der Waals surface area contributed by atoms with E-state index < -0.39 is 0 Å². The number of aromatic nitrogens is 3. The molecular formula is C15H20N4. The normalized spacial score (nSPS) is 22.3. The van der Waals surface area contributed by atoms with Crippen molar-refractivity contribution in [1.82, 2.24) is 14.8 Å². The summed E-state index contributed by atoms with van der Waals surface area (Å²) in [7, 11) is 0. The first kappa shape index (κ1) is 12.4. The van der Waals surface area contributed by atoms with Gasteiger partial charge in [0, 0.05) is 12.1 Å². The molecule has 0 aliphatic carbocycles. The minimum absolute atomic E-state index is 0.0107. The zero-order valence-corrected chi connectivity index (χ0v) is 11.7. The van der Waals surface area contributed by atoms with Gasteiger partial charge in [0.25, 0.3) is 0 Å². The molecule has 0 amide bonds. The predicted molar refractivity (Wildman–Crippen MR) is 75.6 cm³/mol. The Morgan fingerprint density at radius 2 is 2.05 bits per heavy atom. The van der Waals surface area contributed by atoms with Crippen LogP contribution in [0.2, 0.25) is 0 Å². The quantitative estimate of drug-likeness (QED) is 0.853. The van der Waals surface area contributed by atoms with Crippen LogP contribution < -0.4 is 5.73 Å². The van der Waals surface area contributed by atoms with E-state index >= 15 is 0 Å². The third-order valence-electron chi connectivity index (χ3n) is 3.94. The molecule has 4 nitrogen and oxygen atoms in total. The van der Waals surface area contributed by atoms with Gasteiger partial charge in [0.1, 0.15) is 5.82 Å². The average molecular weight is 256 g/mol. The van der Waals surface area contributed by atoms with Crippen molar-refractivity contribution < 1.29 is 0 Å². The van der Waals surface area contributed by atoms with Crippen LogP contribution >= 0.6 is 0 Å². The molecule has 2 aromatic rings. The lowest BCUT2D eigenvalue weighted by atomic mass is 9.98. The molecule has 1 aromatic carbocycles. The van der Waals surface area contributed by atoms with Gasteiger partial charge in [0.05, 0.1) is 6.04 Å². The fraction of sp³-hybridized carbons (Fsp3) is 0.467. The maximum Gasteiger partial charge on any atom is 0.181 e. The molecule has 1 aliphatic heterocycles. The van der Waals surface area contributed by atoms with Crippen LogP contribution in [-0.4, -0.2) is 14.8 Å². The summed E-state index contributed by atoms with van der Waals surface area (Å²) >= 11 is 0. The molecule has 100 valence electrons. The van der Waals surface area contributed by atoms with Crippen molar-refractivity contribution in [3.8, 4) is 11.4 Å². The Labute approximate surface area is 113 Å². The summed E-state index contributed by atoms with van der Waals surface area (Å²) in [5.74, 6) is 2.28. The van der Waals surface area contributed by atoms with Crippen LogP contribution in [0.4, 0.5) is 0 Å². The van der Waals surface area contributed by atoms with Crippen molar-refractivity contribution in [1.29, 1.82) is 0 Å². The van der Waals surface area contributed by atoms with Crippen LogP contribution in [-0.2, 0) is 6.54 Å². The highest BCUT2D eigenvalue weighted by atomic mass is 15.4. The summed E-state index contributed by atoms with van der Waals surface area (Å²) in [6.45, 7) is 7.35. The van der Waals surface area contributed by atoms with Crippen LogP contribution in [0, 0.1) is 19.8 Å². The summed E-state index contributed by atoms with van der Waals surface area (Å²) in [4.78, 5) is 4.63. The molecule has 1 aliphatic rings. The van der Waals surface area contributed by atoms with Crippen molar-refractivity contribution >= 4 is 0 Å². The van der Waals surface area contributed by atoms with Crippen molar-refractivity contribution in [2.75, 3.05) is 0 Å². The number of nitrogens with two attached hydrogens (primary N) is 1. The molecule has 0 radical (unpaired) electrons. The van der Waals surface area contributed by atoms with Gasteiger partial charge >= 0.3 is 0 Å². The Kier molecular flexibility index (Phi) is 2.90. The number of hydrogen-bond acceptors (Lipinski definition) is 3. The predicted octanol–water partition coefficient (Wildman–Crippen LogP) is 2.60. The second kappa shape index (κ2) is 4.46. The SMILES string of the molecule is Cc1ccc(-c2nc3n(n2)CC(C)CC3N)cc1C. The Morgan fingerprint density at radius 3 is 2.79 bits per heavy atom. The number of rotatable bonds is 1. The highest BCUT2D eigenvalue weighted by Gasteiger charge is 2.25. The minimum Gasteiger partial charge on any atom is -0.321 e.